The Morgan fingerprint density at radius 1 is 0.966 bits per heavy atom. The van der Waals surface area contributed by atoms with Crippen LogP contribution in [-0.2, 0) is 19.9 Å². The van der Waals surface area contributed by atoms with Gasteiger partial charge in [0.1, 0.15) is 11.9 Å². The molecule has 0 fully saturated rings. The summed E-state index contributed by atoms with van der Waals surface area (Å²) in [7, 11) is 2.00. The zero-order valence-corrected chi connectivity index (χ0v) is 16.4. The fourth-order valence-corrected chi connectivity index (χ4v) is 4.29. The van der Waals surface area contributed by atoms with Crippen molar-refractivity contribution in [3.05, 3.63) is 101 Å². The fraction of sp³-hybridized carbons (Fsp3) is 0.200. The molecule has 1 N–H and O–H groups in total. The van der Waals surface area contributed by atoms with E-state index in [4.69, 9.17) is 4.98 Å². The van der Waals surface area contributed by atoms with E-state index < -0.39 is 0 Å². The van der Waals surface area contributed by atoms with Gasteiger partial charge in [-0.05, 0) is 60.2 Å². The lowest BCUT2D eigenvalue weighted by atomic mass is 10.0. The van der Waals surface area contributed by atoms with Crippen molar-refractivity contribution < 1.29 is 4.79 Å². The predicted molar refractivity (Wildman–Crippen MR) is 115 cm³/mol. The van der Waals surface area contributed by atoms with Gasteiger partial charge in [0.2, 0.25) is 0 Å². The van der Waals surface area contributed by atoms with E-state index in [-0.39, 0.29) is 11.9 Å². The van der Waals surface area contributed by atoms with Gasteiger partial charge < -0.3 is 9.88 Å². The van der Waals surface area contributed by atoms with Crippen LogP contribution in [0.2, 0.25) is 0 Å². The number of rotatable bonds is 4. The molecule has 0 saturated carbocycles. The van der Waals surface area contributed by atoms with Crippen molar-refractivity contribution in [3.63, 3.8) is 0 Å². The Labute approximate surface area is 170 Å². The SMILES string of the molecule is Cn1c(C(NC(=O)c2ccc3c(c2)CCC3)c2ccccc2)nc2ccccc21. The maximum absolute atomic E-state index is 13.2. The van der Waals surface area contributed by atoms with Crippen molar-refractivity contribution in [1.82, 2.24) is 14.9 Å². The minimum absolute atomic E-state index is 0.0689. The first-order chi connectivity index (χ1) is 14.2. The molecule has 1 heterocycles. The van der Waals surface area contributed by atoms with Gasteiger partial charge in [0.05, 0.1) is 11.0 Å². The number of hydrogen-bond donors (Lipinski definition) is 1. The van der Waals surface area contributed by atoms with Crippen molar-refractivity contribution in [2.75, 3.05) is 0 Å². The van der Waals surface area contributed by atoms with Crippen LogP contribution >= 0.6 is 0 Å². The monoisotopic (exact) mass is 381 g/mol. The van der Waals surface area contributed by atoms with Gasteiger partial charge in [-0.15, -0.1) is 0 Å². The average molecular weight is 381 g/mol. The zero-order valence-electron chi connectivity index (χ0n) is 16.4. The number of aromatic nitrogens is 2. The molecule has 3 aromatic carbocycles. The highest BCUT2D eigenvalue weighted by Gasteiger charge is 2.24. The van der Waals surface area contributed by atoms with E-state index in [1.54, 1.807) is 0 Å². The molecule has 1 unspecified atom stereocenters. The first-order valence-corrected chi connectivity index (χ1v) is 10.1. The molecule has 144 valence electrons. The summed E-state index contributed by atoms with van der Waals surface area (Å²) in [4.78, 5) is 18.0. The smallest absolute Gasteiger partial charge is 0.252 e. The number of aryl methyl sites for hydroxylation is 3. The number of nitrogens with one attached hydrogen (secondary N) is 1. The van der Waals surface area contributed by atoms with Gasteiger partial charge >= 0.3 is 0 Å². The van der Waals surface area contributed by atoms with Crippen LogP contribution in [0.4, 0.5) is 0 Å². The van der Waals surface area contributed by atoms with Crippen LogP contribution in [0, 0.1) is 0 Å². The van der Waals surface area contributed by atoms with E-state index in [2.05, 4.69) is 28.1 Å². The predicted octanol–water partition coefficient (Wildman–Crippen LogP) is 4.58. The molecule has 0 spiro atoms. The average Bonchev–Trinajstić information content (AvgIpc) is 3.36. The molecule has 0 saturated heterocycles. The zero-order chi connectivity index (χ0) is 19.8. The van der Waals surface area contributed by atoms with Crippen LogP contribution in [0.5, 0.6) is 0 Å². The third-order valence-corrected chi connectivity index (χ3v) is 5.85. The molecule has 29 heavy (non-hydrogen) atoms. The van der Waals surface area contributed by atoms with Crippen molar-refractivity contribution >= 4 is 16.9 Å². The second-order valence-electron chi connectivity index (χ2n) is 7.67. The second-order valence-corrected chi connectivity index (χ2v) is 7.67. The van der Waals surface area contributed by atoms with Gasteiger partial charge in [0.25, 0.3) is 5.91 Å². The van der Waals surface area contributed by atoms with Gasteiger partial charge in [-0.2, -0.15) is 0 Å². The topological polar surface area (TPSA) is 46.9 Å². The Morgan fingerprint density at radius 3 is 2.55 bits per heavy atom. The van der Waals surface area contributed by atoms with Crippen LogP contribution in [0.3, 0.4) is 0 Å². The third kappa shape index (κ3) is 3.21. The summed E-state index contributed by atoms with van der Waals surface area (Å²) in [6, 6.07) is 23.9. The molecular formula is C25H23N3O. The van der Waals surface area contributed by atoms with Crippen LogP contribution in [0.25, 0.3) is 11.0 Å². The van der Waals surface area contributed by atoms with Crippen LogP contribution in [0.15, 0.2) is 72.8 Å². The Kier molecular flexibility index (Phi) is 4.39. The summed E-state index contributed by atoms with van der Waals surface area (Å²) < 4.78 is 2.07. The number of fused-ring (bicyclic) bond motifs is 2. The Bertz CT molecular complexity index is 1190. The molecule has 4 aromatic rings. The first kappa shape index (κ1) is 17.7. The van der Waals surface area contributed by atoms with E-state index in [0.717, 1.165) is 35.3 Å². The van der Waals surface area contributed by atoms with Gasteiger partial charge in [0.15, 0.2) is 0 Å². The maximum atomic E-state index is 13.2. The fourth-order valence-electron chi connectivity index (χ4n) is 4.29. The molecule has 0 aliphatic heterocycles. The van der Waals surface area contributed by atoms with E-state index in [0.29, 0.717) is 5.56 Å². The minimum Gasteiger partial charge on any atom is -0.338 e. The van der Waals surface area contributed by atoms with Crippen LogP contribution < -0.4 is 5.32 Å². The molecule has 1 aliphatic carbocycles. The van der Waals surface area contributed by atoms with E-state index in [1.807, 2.05) is 61.6 Å². The molecule has 5 rings (SSSR count). The Morgan fingerprint density at radius 2 is 1.72 bits per heavy atom. The molecule has 4 heteroatoms. The molecular weight excluding hydrogens is 358 g/mol. The number of amides is 1. The van der Waals surface area contributed by atoms with Gasteiger partial charge in [-0.1, -0.05) is 48.5 Å². The van der Waals surface area contributed by atoms with E-state index in [1.165, 1.54) is 17.5 Å². The summed E-state index contributed by atoms with van der Waals surface area (Å²) >= 11 is 0. The van der Waals surface area contributed by atoms with E-state index >= 15 is 0 Å². The van der Waals surface area contributed by atoms with Gasteiger partial charge in [0, 0.05) is 12.6 Å². The summed E-state index contributed by atoms with van der Waals surface area (Å²) in [6.45, 7) is 0. The molecule has 1 amide bonds. The molecule has 0 radical (unpaired) electrons. The largest absolute Gasteiger partial charge is 0.338 e. The highest BCUT2D eigenvalue weighted by atomic mass is 16.1. The number of carbonyl (C=O) groups excluding carboxylic acids is 1. The summed E-state index contributed by atoms with van der Waals surface area (Å²) in [6.07, 6.45) is 3.35. The number of benzene rings is 3. The molecule has 0 bridgehead atoms. The molecule has 1 atom stereocenters. The lowest BCUT2D eigenvalue weighted by Crippen LogP contribution is -2.31. The van der Waals surface area contributed by atoms with Crippen molar-refractivity contribution in [1.29, 1.82) is 0 Å². The second kappa shape index (κ2) is 7.21. The Balaban J connectivity index is 1.54. The summed E-state index contributed by atoms with van der Waals surface area (Å²) in [5, 5.41) is 3.24. The van der Waals surface area contributed by atoms with Gasteiger partial charge in [-0.3, -0.25) is 4.79 Å². The summed E-state index contributed by atoms with van der Waals surface area (Å²) in [5.41, 5.74) is 6.38. The van der Waals surface area contributed by atoms with Gasteiger partial charge in [-0.25, -0.2) is 4.98 Å². The third-order valence-electron chi connectivity index (χ3n) is 5.85. The summed E-state index contributed by atoms with van der Waals surface area (Å²) in [5.74, 6) is 0.757. The highest BCUT2D eigenvalue weighted by Crippen LogP contribution is 2.27. The lowest BCUT2D eigenvalue weighted by Gasteiger charge is -2.19. The number of para-hydroxylation sites is 2. The number of hydrogen-bond acceptors (Lipinski definition) is 2. The first-order valence-electron chi connectivity index (χ1n) is 10.1. The van der Waals surface area contributed by atoms with Crippen molar-refractivity contribution in [2.24, 2.45) is 7.05 Å². The Hall–Kier alpha value is -3.40. The quantitative estimate of drug-likeness (QED) is 0.562. The standard InChI is InChI=1S/C25H23N3O/c1-28-22-13-6-5-12-21(22)26-24(28)23(18-8-3-2-4-9-18)27-25(29)20-15-14-17-10-7-11-19(17)16-20/h2-6,8-9,12-16,23H,7,10-11H2,1H3,(H,27,29). The normalized spacial score (nSPS) is 14.0. The molecule has 1 aromatic heterocycles. The number of nitrogens with zero attached hydrogens (tertiary/aromatic N) is 2. The molecule has 4 nitrogen and oxygen atoms in total. The maximum Gasteiger partial charge on any atom is 0.252 e. The number of carbonyl (C=O) groups is 1. The van der Waals surface area contributed by atoms with Crippen molar-refractivity contribution in [3.8, 4) is 0 Å². The van der Waals surface area contributed by atoms with Crippen LogP contribution in [-0.4, -0.2) is 15.5 Å². The lowest BCUT2D eigenvalue weighted by molar-refractivity contribution is 0.0941. The minimum atomic E-state index is -0.325. The molecule has 1 aliphatic rings. The number of imidazole rings is 1. The van der Waals surface area contributed by atoms with Crippen LogP contribution in [0.1, 0.15) is 45.3 Å². The van der Waals surface area contributed by atoms with Crippen molar-refractivity contribution in [2.45, 2.75) is 25.3 Å². The van der Waals surface area contributed by atoms with E-state index in [9.17, 15) is 4.79 Å². The highest BCUT2D eigenvalue weighted by molar-refractivity contribution is 5.95.